The number of nitrogens with one attached hydrogen (secondary N) is 2. The van der Waals surface area contributed by atoms with Gasteiger partial charge in [0.05, 0.1) is 16.6 Å². The van der Waals surface area contributed by atoms with Gasteiger partial charge in [-0.2, -0.15) is 4.39 Å². The topological polar surface area (TPSA) is 84.3 Å². The molecule has 21 heavy (non-hydrogen) atoms. The highest BCUT2D eigenvalue weighted by atomic mass is 19.1. The van der Waals surface area contributed by atoms with Crippen molar-refractivity contribution in [2.45, 2.75) is 25.3 Å². The number of nitro groups is 1. The second-order valence-corrected chi connectivity index (χ2v) is 4.88. The van der Waals surface area contributed by atoms with Gasteiger partial charge >= 0.3 is 5.69 Å². The van der Waals surface area contributed by atoms with E-state index in [0.29, 0.717) is 31.1 Å². The lowest BCUT2D eigenvalue weighted by molar-refractivity contribution is -0.387. The fourth-order valence-electron chi connectivity index (χ4n) is 2.33. The maximum Gasteiger partial charge on any atom is 0.308 e. The minimum Gasteiger partial charge on any atom is -0.352 e. The first kappa shape index (κ1) is 15.3. The minimum absolute atomic E-state index is 0.292. The van der Waals surface area contributed by atoms with E-state index in [0.717, 1.165) is 19.4 Å². The van der Waals surface area contributed by atoms with Crippen molar-refractivity contribution in [1.82, 2.24) is 10.6 Å². The van der Waals surface area contributed by atoms with Crippen LogP contribution in [0.5, 0.6) is 0 Å². The van der Waals surface area contributed by atoms with Crippen molar-refractivity contribution < 1.29 is 18.5 Å². The molecule has 1 aromatic rings. The van der Waals surface area contributed by atoms with Crippen molar-refractivity contribution in [3.63, 3.8) is 0 Å². The van der Waals surface area contributed by atoms with Crippen molar-refractivity contribution in [2.75, 3.05) is 13.1 Å². The van der Waals surface area contributed by atoms with Gasteiger partial charge in [-0.1, -0.05) is 0 Å². The predicted molar refractivity (Wildman–Crippen MR) is 71.0 cm³/mol. The number of nitrogens with zero attached hydrogens (tertiary/aromatic N) is 1. The first-order valence-electron chi connectivity index (χ1n) is 6.64. The molecular weight excluding hydrogens is 284 g/mol. The molecule has 1 heterocycles. The maximum absolute atomic E-state index is 13.8. The van der Waals surface area contributed by atoms with Gasteiger partial charge in [-0.15, -0.1) is 0 Å². The van der Waals surface area contributed by atoms with Gasteiger partial charge in [-0.3, -0.25) is 14.9 Å². The molecule has 1 saturated heterocycles. The van der Waals surface area contributed by atoms with Crippen LogP contribution in [-0.2, 0) is 0 Å². The van der Waals surface area contributed by atoms with Crippen molar-refractivity contribution in [3.8, 4) is 0 Å². The zero-order valence-corrected chi connectivity index (χ0v) is 11.2. The number of carbonyl (C=O) groups excluding carboxylic acids is 1. The van der Waals surface area contributed by atoms with E-state index in [1.54, 1.807) is 0 Å². The molecule has 8 heteroatoms. The van der Waals surface area contributed by atoms with Crippen molar-refractivity contribution >= 4 is 11.6 Å². The van der Waals surface area contributed by atoms with E-state index < -0.39 is 33.7 Å². The Kier molecular flexibility index (Phi) is 4.79. The average Bonchev–Trinajstić information content (AvgIpc) is 2.93. The molecule has 0 spiro atoms. The van der Waals surface area contributed by atoms with Crippen LogP contribution in [0.2, 0.25) is 0 Å². The van der Waals surface area contributed by atoms with Gasteiger partial charge in [-0.05, 0) is 31.9 Å². The standard InChI is InChI=1S/C13H15F2N3O3/c14-8-6-10(12(15)11(7-8)18(20)21)13(19)17-5-3-9-2-1-4-16-9/h6-7,9,16H,1-5H2,(H,17,19). The Morgan fingerprint density at radius 3 is 2.86 bits per heavy atom. The summed E-state index contributed by atoms with van der Waals surface area (Å²) in [7, 11) is 0. The van der Waals surface area contributed by atoms with Crippen molar-refractivity contribution in [3.05, 3.63) is 39.4 Å². The van der Waals surface area contributed by atoms with E-state index in [1.807, 2.05) is 0 Å². The SMILES string of the molecule is O=C(NCCC1CCCN1)c1cc(F)cc([N+](=O)[O-])c1F. The lowest BCUT2D eigenvalue weighted by Gasteiger charge is -2.11. The van der Waals surface area contributed by atoms with E-state index in [9.17, 15) is 23.7 Å². The zero-order chi connectivity index (χ0) is 15.4. The van der Waals surface area contributed by atoms with Crippen LogP contribution >= 0.6 is 0 Å². The highest BCUT2D eigenvalue weighted by Crippen LogP contribution is 2.22. The van der Waals surface area contributed by atoms with Gasteiger partial charge in [0.15, 0.2) is 0 Å². The van der Waals surface area contributed by atoms with Gasteiger partial charge in [0, 0.05) is 12.6 Å². The Bertz CT molecular complexity index is 560. The van der Waals surface area contributed by atoms with Gasteiger partial charge < -0.3 is 10.6 Å². The third kappa shape index (κ3) is 3.72. The molecule has 1 aliphatic rings. The highest BCUT2D eigenvalue weighted by Gasteiger charge is 2.24. The van der Waals surface area contributed by atoms with E-state index >= 15 is 0 Å². The summed E-state index contributed by atoms with van der Waals surface area (Å²) in [4.78, 5) is 21.3. The van der Waals surface area contributed by atoms with Crippen LogP contribution in [-0.4, -0.2) is 30.0 Å². The summed E-state index contributed by atoms with van der Waals surface area (Å²) in [5.74, 6) is -3.20. The quantitative estimate of drug-likeness (QED) is 0.641. The molecule has 0 aromatic heterocycles. The zero-order valence-electron chi connectivity index (χ0n) is 11.2. The summed E-state index contributed by atoms with van der Waals surface area (Å²) in [6.45, 7) is 1.23. The van der Waals surface area contributed by atoms with Crippen LogP contribution in [0.3, 0.4) is 0 Å². The van der Waals surface area contributed by atoms with E-state index in [1.165, 1.54) is 0 Å². The van der Waals surface area contributed by atoms with Crippen LogP contribution in [0.15, 0.2) is 12.1 Å². The third-order valence-corrected chi connectivity index (χ3v) is 3.40. The number of halogens is 2. The fourth-order valence-corrected chi connectivity index (χ4v) is 2.33. The highest BCUT2D eigenvalue weighted by molar-refractivity contribution is 5.95. The minimum atomic E-state index is -1.32. The number of carbonyl (C=O) groups is 1. The first-order chi connectivity index (χ1) is 9.99. The van der Waals surface area contributed by atoms with E-state index in [-0.39, 0.29) is 0 Å². The molecule has 6 nitrogen and oxygen atoms in total. The smallest absolute Gasteiger partial charge is 0.308 e. The number of amides is 1. The number of rotatable bonds is 5. The third-order valence-electron chi connectivity index (χ3n) is 3.40. The molecule has 1 unspecified atom stereocenters. The van der Waals surface area contributed by atoms with Gasteiger partial charge in [0.25, 0.3) is 5.91 Å². The van der Waals surface area contributed by atoms with Gasteiger partial charge in [0.2, 0.25) is 5.82 Å². The number of nitro benzene ring substituents is 1. The van der Waals surface area contributed by atoms with Gasteiger partial charge in [0.1, 0.15) is 5.82 Å². The Labute approximate surface area is 119 Å². The first-order valence-corrected chi connectivity index (χ1v) is 6.64. The monoisotopic (exact) mass is 299 g/mol. The number of hydrogen-bond donors (Lipinski definition) is 2. The molecule has 1 amide bonds. The summed E-state index contributed by atoms with van der Waals surface area (Å²) in [5, 5.41) is 16.3. The second kappa shape index (κ2) is 6.57. The largest absolute Gasteiger partial charge is 0.352 e. The molecule has 1 aromatic carbocycles. The summed E-state index contributed by atoms with van der Waals surface area (Å²) in [5.41, 5.74) is -1.70. The van der Waals surface area contributed by atoms with Crippen molar-refractivity contribution in [2.24, 2.45) is 0 Å². The molecule has 2 N–H and O–H groups in total. The van der Waals surface area contributed by atoms with Crippen LogP contribution in [0, 0.1) is 21.7 Å². The molecule has 0 radical (unpaired) electrons. The Hall–Kier alpha value is -2.09. The number of hydrogen-bond acceptors (Lipinski definition) is 4. The van der Waals surface area contributed by atoms with E-state index in [2.05, 4.69) is 10.6 Å². The van der Waals surface area contributed by atoms with Crippen LogP contribution in [0.25, 0.3) is 0 Å². The Morgan fingerprint density at radius 2 is 2.24 bits per heavy atom. The molecule has 0 saturated carbocycles. The molecule has 1 fully saturated rings. The Balaban J connectivity index is 2.02. The van der Waals surface area contributed by atoms with Crippen LogP contribution < -0.4 is 10.6 Å². The second-order valence-electron chi connectivity index (χ2n) is 4.88. The number of benzene rings is 1. The molecule has 2 rings (SSSR count). The van der Waals surface area contributed by atoms with Crippen LogP contribution in [0.1, 0.15) is 29.6 Å². The predicted octanol–water partition coefficient (Wildman–Crippen LogP) is 1.74. The maximum atomic E-state index is 13.8. The molecule has 0 aliphatic carbocycles. The summed E-state index contributed by atoms with van der Waals surface area (Å²) in [6, 6.07) is 1.41. The Morgan fingerprint density at radius 1 is 1.48 bits per heavy atom. The summed E-state index contributed by atoms with van der Waals surface area (Å²) in [6.07, 6.45) is 2.75. The van der Waals surface area contributed by atoms with Gasteiger partial charge in [-0.25, -0.2) is 4.39 Å². The van der Waals surface area contributed by atoms with Crippen LogP contribution in [0.4, 0.5) is 14.5 Å². The average molecular weight is 299 g/mol. The molecular formula is C13H15F2N3O3. The fraction of sp³-hybridized carbons (Fsp3) is 0.462. The molecule has 1 aliphatic heterocycles. The lowest BCUT2D eigenvalue weighted by Crippen LogP contribution is -2.31. The normalized spacial score (nSPS) is 17.7. The molecule has 114 valence electrons. The lowest BCUT2D eigenvalue weighted by atomic mass is 10.1. The van der Waals surface area contributed by atoms with Crippen molar-refractivity contribution in [1.29, 1.82) is 0 Å². The van der Waals surface area contributed by atoms with E-state index in [4.69, 9.17) is 0 Å². The molecule has 1 atom stereocenters. The summed E-state index contributed by atoms with van der Waals surface area (Å²) < 4.78 is 27.0. The molecule has 0 bridgehead atoms. The summed E-state index contributed by atoms with van der Waals surface area (Å²) >= 11 is 0.